The van der Waals surface area contributed by atoms with Gasteiger partial charge in [0.1, 0.15) is 0 Å². The van der Waals surface area contributed by atoms with E-state index in [9.17, 15) is 4.79 Å². The molecule has 0 radical (unpaired) electrons. The predicted octanol–water partition coefficient (Wildman–Crippen LogP) is 0.149. The summed E-state index contributed by atoms with van der Waals surface area (Å²) >= 11 is 0. The molecular formula is C12H23N3O. The second-order valence-corrected chi connectivity index (χ2v) is 5.26. The third-order valence-corrected chi connectivity index (χ3v) is 3.78. The number of rotatable bonds is 1. The molecule has 4 heteroatoms. The Morgan fingerprint density at radius 3 is 2.56 bits per heavy atom. The van der Waals surface area contributed by atoms with Gasteiger partial charge in [0.15, 0.2) is 0 Å². The fourth-order valence-corrected chi connectivity index (χ4v) is 2.54. The Labute approximate surface area is 98.0 Å². The van der Waals surface area contributed by atoms with Crippen LogP contribution in [0.2, 0.25) is 0 Å². The molecule has 16 heavy (non-hydrogen) atoms. The van der Waals surface area contributed by atoms with E-state index in [1.54, 1.807) is 0 Å². The monoisotopic (exact) mass is 225 g/mol. The molecule has 2 rings (SSSR count). The zero-order chi connectivity index (χ0) is 11.5. The largest absolute Gasteiger partial charge is 0.339 e. The highest BCUT2D eigenvalue weighted by molar-refractivity contribution is 5.82. The third-order valence-electron chi connectivity index (χ3n) is 3.78. The molecule has 2 unspecified atom stereocenters. The maximum Gasteiger partial charge on any atom is 0.239 e. The van der Waals surface area contributed by atoms with Crippen LogP contribution in [0.1, 0.15) is 19.8 Å². The number of nitrogens with zero attached hydrogens (tertiary/aromatic N) is 2. The lowest BCUT2D eigenvalue weighted by Gasteiger charge is -2.36. The van der Waals surface area contributed by atoms with Crippen LogP contribution in [0.15, 0.2) is 0 Å². The molecule has 0 aromatic carbocycles. The number of carbonyl (C=O) groups is 1. The van der Waals surface area contributed by atoms with Gasteiger partial charge < -0.3 is 15.1 Å². The number of carbonyl (C=O) groups excluding carboxylic acids is 1. The van der Waals surface area contributed by atoms with E-state index < -0.39 is 0 Å². The fourth-order valence-electron chi connectivity index (χ4n) is 2.54. The average Bonchev–Trinajstić information content (AvgIpc) is 2.29. The van der Waals surface area contributed by atoms with E-state index in [1.165, 1.54) is 6.42 Å². The van der Waals surface area contributed by atoms with Crippen LogP contribution in [0.25, 0.3) is 0 Å². The Morgan fingerprint density at radius 1 is 1.25 bits per heavy atom. The molecule has 0 bridgehead atoms. The maximum absolute atomic E-state index is 12.3. The van der Waals surface area contributed by atoms with Crippen molar-refractivity contribution in [2.45, 2.75) is 25.8 Å². The first-order valence-electron chi connectivity index (χ1n) is 6.37. The van der Waals surface area contributed by atoms with Crippen molar-refractivity contribution in [3.8, 4) is 0 Å². The summed E-state index contributed by atoms with van der Waals surface area (Å²) in [6, 6.07) is 0.0761. The van der Waals surface area contributed by atoms with Crippen LogP contribution in [0.4, 0.5) is 0 Å². The molecule has 0 aromatic rings. The van der Waals surface area contributed by atoms with Crippen molar-refractivity contribution in [1.82, 2.24) is 15.1 Å². The molecule has 0 aromatic heterocycles. The summed E-state index contributed by atoms with van der Waals surface area (Å²) in [7, 11) is 2.11. The molecule has 2 atom stereocenters. The minimum Gasteiger partial charge on any atom is -0.339 e. The first-order chi connectivity index (χ1) is 7.66. The minimum absolute atomic E-state index is 0.0761. The van der Waals surface area contributed by atoms with Gasteiger partial charge in [-0.15, -0.1) is 0 Å². The first-order valence-corrected chi connectivity index (χ1v) is 6.37. The standard InChI is InChI=1S/C12H23N3O/c1-10-3-4-13-11(9-10)12(16)15-7-5-14(2)6-8-15/h10-11,13H,3-9H2,1-2H3. The summed E-state index contributed by atoms with van der Waals surface area (Å²) < 4.78 is 0. The Bertz CT molecular complexity index is 249. The maximum atomic E-state index is 12.3. The number of amides is 1. The number of nitrogens with one attached hydrogen (secondary N) is 1. The van der Waals surface area contributed by atoms with Gasteiger partial charge in [-0.25, -0.2) is 0 Å². The smallest absolute Gasteiger partial charge is 0.239 e. The molecule has 1 N–H and O–H groups in total. The van der Waals surface area contributed by atoms with E-state index in [0.717, 1.165) is 39.1 Å². The highest BCUT2D eigenvalue weighted by Gasteiger charge is 2.29. The molecule has 1 amide bonds. The quantitative estimate of drug-likeness (QED) is 0.690. The fraction of sp³-hybridized carbons (Fsp3) is 0.917. The molecule has 2 saturated heterocycles. The molecule has 0 spiro atoms. The van der Waals surface area contributed by atoms with Crippen molar-refractivity contribution in [3.05, 3.63) is 0 Å². The van der Waals surface area contributed by atoms with Gasteiger partial charge in [0.2, 0.25) is 5.91 Å². The Morgan fingerprint density at radius 2 is 1.94 bits per heavy atom. The SMILES string of the molecule is CC1CCNC(C(=O)N2CCN(C)CC2)C1. The summed E-state index contributed by atoms with van der Waals surface area (Å²) in [5.74, 6) is 1.00. The van der Waals surface area contributed by atoms with Crippen molar-refractivity contribution in [2.24, 2.45) is 5.92 Å². The second kappa shape index (κ2) is 5.15. The van der Waals surface area contributed by atoms with E-state index in [1.807, 2.05) is 4.90 Å². The number of piperazine rings is 1. The minimum atomic E-state index is 0.0761. The topological polar surface area (TPSA) is 35.6 Å². The lowest BCUT2D eigenvalue weighted by Crippen LogP contribution is -2.55. The van der Waals surface area contributed by atoms with Gasteiger partial charge in [-0.1, -0.05) is 6.92 Å². The Balaban J connectivity index is 1.86. The van der Waals surface area contributed by atoms with Gasteiger partial charge in [0, 0.05) is 26.2 Å². The van der Waals surface area contributed by atoms with Crippen molar-refractivity contribution >= 4 is 5.91 Å². The van der Waals surface area contributed by atoms with Gasteiger partial charge >= 0.3 is 0 Å². The van der Waals surface area contributed by atoms with Crippen molar-refractivity contribution < 1.29 is 4.79 Å². The predicted molar refractivity (Wildman–Crippen MR) is 64.3 cm³/mol. The van der Waals surface area contributed by atoms with E-state index >= 15 is 0 Å². The number of hydrogen-bond donors (Lipinski definition) is 1. The van der Waals surface area contributed by atoms with Gasteiger partial charge in [-0.2, -0.15) is 0 Å². The number of likely N-dealkylation sites (N-methyl/N-ethyl adjacent to an activating group) is 1. The molecular weight excluding hydrogens is 202 g/mol. The highest BCUT2D eigenvalue weighted by atomic mass is 16.2. The second-order valence-electron chi connectivity index (χ2n) is 5.26. The molecule has 4 nitrogen and oxygen atoms in total. The molecule has 92 valence electrons. The van der Waals surface area contributed by atoms with Crippen molar-refractivity contribution in [1.29, 1.82) is 0 Å². The highest BCUT2D eigenvalue weighted by Crippen LogP contribution is 2.17. The normalized spacial score (nSPS) is 32.8. The zero-order valence-electron chi connectivity index (χ0n) is 10.4. The molecule has 2 heterocycles. The van der Waals surface area contributed by atoms with Gasteiger partial charge in [0.25, 0.3) is 0 Å². The third kappa shape index (κ3) is 2.74. The van der Waals surface area contributed by atoms with Crippen LogP contribution in [0.3, 0.4) is 0 Å². The van der Waals surface area contributed by atoms with Gasteiger partial charge in [-0.3, -0.25) is 4.79 Å². The summed E-state index contributed by atoms with van der Waals surface area (Å²) in [6.45, 7) is 7.03. The summed E-state index contributed by atoms with van der Waals surface area (Å²) in [4.78, 5) is 16.6. The van der Waals surface area contributed by atoms with Crippen LogP contribution in [-0.2, 0) is 4.79 Å². The lowest BCUT2D eigenvalue weighted by atomic mass is 9.93. The van der Waals surface area contributed by atoms with Crippen LogP contribution in [0.5, 0.6) is 0 Å². The van der Waals surface area contributed by atoms with Gasteiger partial charge in [0.05, 0.1) is 6.04 Å². The lowest BCUT2D eigenvalue weighted by molar-refractivity contribution is -0.136. The summed E-state index contributed by atoms with van der Waals surface area (Å²) in [5.41, 5.74) is 0. The van der Waals surface area contributed by atoms with E-state index in [0.29, 0.717) is 11.8 Å². The average molecular weight is 225 g/mol. The Hall–Kier alpha value is -0.610. The molecule has 2 fully saturated rings. The van der Waals surface area contributed by atoms with E-state index in [2.05, 4.69) is 24.2 Å². The first kappa shape index (κ1) is 11.9. The van der Waals surface area contributed by atoms with E-state index in [-0.39, 0.29) is 6.04 Å². The molecule has 0 saturated carbocycles. The molecule has 2 aliphatic rings. The number of hydrogen-bond acceptors (Lipinski definition) is 3. The number of piperidine rings is 1. The summed E-state index contributed by atoms with van der Waals surface area (Å²) in [5, 5.41) is 3.35. The van der Waals surface area contributed by atoms with Crippen molar-refractivity contribution in [3.63, 3.8) is 0 Å². The molecule has 0 aliphatic carbocycles. The van der Waals surface area contributed by atoms with Crippen molar-refractivity contribution in [2.75, 3.05) is 39.8 Å². The van der Waals surface area contributed by atoms with Crippen LogP contribution < -0.4 is 5.32 Å². The molecule has 2 aliphatic heterocycles. The van der Waals surface area contributed by atoms with Crippen LogP contribution in [0, 0.1) is 5.92 Å². The Kier molecular flexibility index (Phi) is 3.82. The van der Waals surface area contributed by atoms with Crippen LogP contribution in [-0.4, -0.2) is 61.5 Å². The zero-order valence-corrected chi connectivity index (χ0v) is 10.4. The van der Waals surface area contributed by atoms with E-state index in [4.69, 9.17) is 0 Å². The van der Waals surface area contributed by atoms with Crippen LogP contribution >= 0.6 is 0 Å². The summed E-state index contributed by atoms with van der Waals surface area (Å²) in [6.07, 6.45) is 2.21. The van der Waals surface area contributed by atoms with Gasteiger partial charge in [-0.05, 0) is 32.4 Å².